The van der Waals surface area contributed by atoms with Crippen LogP contribution in [0.3, 0.4) is 0 Å². The number of rotatable bonds is 2. The van der Waals surface area contributed by atoms with Gasteiger partial charge in [-0.2, -0.15) is 5.10 Å². The Balaban J connectivity index is 2.14. The molecular weight excluding hydrogens is 262 g/mol. The lowest BCUT2D eigenvalue weighted by molar-refractivity contribution is 0.0595. The quantitative estimate of drug-likeness (QED) is 0.673. The maximum absolute atomic E-state index is 11.4. The maximum atomic E-state index is 11.4. The van der Waals surface area contributed by atoms with E-state index in [0.717, 1.165) is 21.6 Å². The predicted octanol–water partition coefficient (Wildman–Crippen LogP) is 2.48. The number of carbonyl (C=O) groups is 1. The molecule has 0 aliphatic rings. The molecule has 3 aromatic rings. The van der Waals surface area contributed by atoms with Crippen molar-refractivity contribution in [2.24, 2.45) is 7.05 Å². The number of esters is 1. The van der Waals surface area contributed by atoms with Gasteiger partial charge in [-0.1, -0.05) is 18.2 Å². The molecule has 0 saturated heterocycles. The Morgan fingerprint density at radius 1 is 1.37 bits per heavy atom. The number of hydrogen-bond acceptors (Lipinski definition) is 5. The molecule has 0 aliphatic heterocycles. The topological polar surface area (TPSA) is 57.0 Å². The number of aromatic nitrogens is 3. The lowest BCUT2D eigenvalue weighted by Crippen LogP contribution is -2.01. The summed E-state index contributed by atoms with van der Waals surface area (Å²) in [5.74, 6) is -0.428. The van der Waals surface area contributed by atoms with Gasteiger partial charge in [0, 0.05) is 17.8 Å². The van der Waals surface area contributed by atoms with Gasteiger partial charge in [0.05, 0.1) is 12.6 Å². The molecule has 2 aromatic heterocycles. The van der Waals surface area contributed by atoms with Crippen LogP contribution < -0.4 is 0 Å². The first kappa shape index (κ1) is 11.9. The first-order valence-corrected chi connectivity index (χ1v) is 6.54. The standard InChI is InChI=1S/C13H11N3O2S/c1-16-10-6-4-3-5-8(10)11(15-16)12-14-9(7-19-12)13(17)18-2/h3-7H,1-2H3. The summed E-state index contributed by atoms with van der Waals surface area (Å²) in [7, 11) is 3.23. The highest BCUT2D eigenvalue weighted by atomic mass is 32.1. The van der Waals surface area contributed by atoms with E-state index >= 15 is 0 Å². The average Bonchev–Trinajstić information content (AvgIpc) is 3.04. The fraction of sp³-hybridized carbons (Fsp3) is 0.154. The molecule has 19 heavy (non-hydrogen) atoms. The monoisotopic (exact) mass is 273 g/mol. The fourth-order valence-corrected chi connectivity index (χ4v) is 2.74. The highest BCUT2D eigenvalue weighted by Crippen LogP contribution is 2.29. The molecule has 0 saturated carbocycles. The first-order valence-electron chi connectivity index (χ1n) is 5.66. The van der Waals surface area contributed by atoms with Crippen LogP contribution in [-0.4, -0.2) is 27.8 Å². The van der Waals surface area contributed by atoms with Crippen LogP contribution in [0.4, 0.5) is 0 Å². The summed E-state index contributed by atoms with van der Waals surface area (Å²) in [6.07, 6.45) is 0. The van der Waals surface area contributed by atoms with E-state index in [2.05, 4.69) is 14.8 Å². The Morgan fingerprint density at radius 3 is 2.95 bits per heavy atom. The predicted molar refractivity (Wildman–Crippen MR) is 73.2 cm³/mol. The molecule has 3 rings (SSSR count). The normalized spacial score (nSPS) is 10.8. The van der Waals surface area contributed by atoms with Crippen LogP contribution in [0.15, 0.2) is 29.6 Å². The van der Waals surface area contributed by atoms with Crippen molar-refractivity contribution in [1.82, 2.24) is 14.8 Å². The molecule has 0 aliphatic carbocycles. The summed E-state index contributed by atoms with van der Waals surface area (Å²) in [5, 5.41) is 7.90. The van der Waals surface area contributed by atoms with Gasteiger partial charge in [-0.3, -0.25) is 4.68 Å². The third-order valence-electron chi connectivity index (χ3n) is 2.86. The average molecular weight is 273 g/mol. The Bertz CT molecular complexity index is 760. The third-order valence-corrected chi connectivity index (χ3v) is 3.71. The van der Waals surface area contributed by atoms with E-state index in [-0.39, 0.29) is 0 Å². The van der Waals surface area contributed by atoms with E-state index in [1.165, 1.54) is 18.4 Å². The van der Waals surface area contributed by atoms with E-state index in [4.69, 9.17) is 0 Å². The van der Waals surface area contributed by atoms with E-state index in [1.807, 2.05) is 36.0 Å². The largest absolute Gasteiger partial charge is 0.464 e. The van der Waals surface area contributed by atoms with Crippen molar-refractivity contribution in [3.05, 3.63) is 35.3 Å². The van der Waals surface area contributed by atoms with Crippen molar-refractivity contribution >= 4 is 28.2 Å². The number of para-hydroxylation sites is 1. The van der Waals surface area contributed by atoms with Gasteiger partial charge in [-0.15, -0.1) is 11.3 Å². The van der Waals surface area contributed by atoms with Gasteiger partial charge < -0.3 is 4.74 Å². The smallest absolute Gasteiger partial charge is 0.357 e. The Kier molecular flexibility index (Phi) is 2.79. The maximum Gasteiger partial charge on any atom is 0.357 e. The van der Waals surface area contributed by atoms with Gasteiger partial charge in [0.15, 0.2) is 5.69 Å². The van der Waals surface area contributed by atoms with Crippen LogP contribution in [0, 0.1) is 0 Å². The van der Waals surface area contributed by atoms with Crippen molar-refractivity contribution in [2.45, 2.75) is 0 Å². The molecule has 0 N–H and O–H groups in total. The van der Waals surface area contributed by atoms with Gasteiger partial charge >= 0.3 is 5.97 Å². The minimum absolute atomic E-state index is 0.317. The number of hydrogen-bond donors (Lipinski definition) is 0. The molecule has 96 valence electrons. The summed E-state index contributed by atoms with van der Waals surface area (Å²) in [6, 6.07) is 7.93. The molecule has 0 fully saturated rings. The zero-order chi connectivity index (χ0) is 13.4. The van der Waals surface area contributed by atoms with Gasteiger partial charge in [0.2, 0.25) is 0 Å². The molecule has 0 bridgehead atoms. The summed E-state index contributed by atoms with van der Waals surface area (Å²) in [6.45, 7) is 0. The number of nitrogens with zero attached hydrogens (tertiary/aromatic N) is 3. The van der Waals surface area contributed by atoms with Crippen LogP contribution in [0.1, 0.15) is 10.5 Å². The number of fused-ring (bicyclic) bond motifs is 1. The second kappa shape index (κ2) is 4.47. The van der Waals surface area contributed by atoms with E-state index in [9.17, 15) is 4.79 Å². The molecule has 1 aromatic carbocycles. The van der Waals surface area contributed by atoms with E-state index in [0.29, 0.717) is 5.69 Å². The number of carbonyl (C=O) groups excluding carboxylic acids is 1. The number of ether oxygens (including phenoxy) is 1. The third kappa shape index (κ3) is 1.90. The Labute approximate surface area is 113 Å². The number of aryl methyl sites for hydroxylation is 1. The van der Waals surface area contributed by atoms with Crippen molar-refractivity contribution in [3.8, 4) is 10.7 Å². The van der Waals surface area contributed by atoms with Crippen LogP contribution in [-0.2, 0) is 11.8 Å². The number of benzene rings is 1. The van der Waals surface area contributed by atoms with Gasteiger partial charge in [-0.25, -0.2) is 9.78 Å². The summed E-state index contributed by atoms with van der Waals surface area (Å²) < 4.78 is 6.47. The van der Waals surface area contributed by atoms with Gasteiger partial charge in [0.25, 0.3) is 0 Å². The number of methoxy groups -OCH3 is 1. The zero-order valence-electron chi connectivity index (χ0n) is 10.5. The lowest BCUT2D eigenvalue weighted by atomic mass is 10.2. The molecule has 0 radical (unpaired) electrons. The Hall–Kier alpha value is -2.21. The van der Waals surface area contributed by atoms with Crippen LogP contribution >= 0.6 is 11.3 Å². The molecular formula is C13H11N3O2S. The minimum Gasteiger partial charge on any atom is -0.464 e. The summed E-state index contributed by atoms with van der Waals surface area (Å²) in [4.78, 5) is 15.7. The summed E-state index contributed by atoms with van der Waals surface area (Å²) >= 11 is 1.39. The molecule has 0 unspecified atom stereocenters. The fourth-order valence-electron chi connectivity index (χ4n) is 1.95. The van der Waals surface area contributed by atoms with Crippen molar-refractivity contribution in [1.29, 1.82) is 0 Å². The number of thiazole rings is 1. The molecule has 0 spiro atoms. The molecule has 6 heteroatoms. The van der Waals surface area contributed by atoms with Crippen molar-refractivity contribution in [3.63, 3.8) is 0 Å². The zero-order valence-corrected chi connectivity index (χ0v) is 11.3. The van der Waals surface area contributed by atoms with Crippen molar-refractivity contribution in [2.75, 3.05) is 7.11 Å². The highest BCUT2D eigenvalue weighted by molar-refractivity contribution is 7.13. The van der Waals surface area contributed by atoms with Crippen LogP contribution in [0.5, 0.6) is 0 Å². The second-order valence-corrected chi connectivity index (χ2v) is 4.88. The van der Waals surface area contributed by atoms with E-state index < -0.39 is 5.97 Å². The van der Waals surface area contributed by atoms with Gasteiger partial charge in [0.1, 0.15) is 10.7 Å². The van der Waals surface area contributed by atoms with Crippen LogP contribution in [0.25, 0.3) is 21.6 Å². The van der Waals surface area contributed by atoms with Crippen molar-refractivity contribution < 1.29 is 9.53 Å². The highest BCUT2D eigenvalue weighted by Gasteiger charge is 2.16. The van der Waals surface area contributed by atoms with Crippen LogP contribution in [0.2, 0.25) is 0 Å². The molecule has 5 nitrogen and oxygen atoms in total. The first-order chi connectivity index (χ1) is 9.20. The second-order valence-electron chi connectivity index (χ2n) is 4.02. The molecule has 0 amide bonds. The van der Waals surface area contributed by atoms with E-state index in [1.54, 1.807) is 5.38 Å². The SMILES string of the molecule is COC(=O)c1csc(-c2nn(C)c3ccccc23)n1. The van der Waals surface area contributed by atoms with Gasteiger partial charge in [-0.05, 0) is 6.07 Å². The minimum atomic E-state index is -0.428. The molecule has 2 heterocycles. The Morgan fingerprint density at radius 2 is 2.16 bits per heavy atom. The molecule has 0 atom stereocenters. The summed E-state index contributed by atoms with van der Waals surface area (Å²) in [5.41, 5.74) is 2.14. The lowest BCUT2D eigenvalue weighted by Gasteiger charge is -1.92.